The normalized spacial score (nSPS) is 14.3. The number of rotatable bonds is 7. The molecule has 8 heteroatoms. The van der Waals surface area contributed by atoms with E-state index in [-0.39, 0.29) is 12.2 Å². The van der Waals surface area contributed by atoms with Crippen LogP contribution in [-0.2, 0) is 16.2 Å². The van der Waals surface area contributed by atoms with Gasteiger partial charge in [-0.05, 0) is 48.9 Å². The van der Waals surface area contributed by atoms with Crippen LogP contribution in [0.1, 0.15) is 16.7 Å². The summed E-state index contributed by atoms with van der Waals surface area (Å²) in [6.07, 6.45) is 1.55. The van der Waals surface area contributed by atoms with Crippen LogP contribution in [0.4, 0.5) is 10.5 Å². The average molecular weight is 476 g/mol. The minimum Gasteiger partial charge on any atom is -0.489 e. The second kappa shape index (κ2) is 10.2. The lowest BCUT2D eigenvalue weighted by Crippen LogP contribution is -2.38. The van der Waals surface area contributed by atoms with E-state index in [2.05, 4.69) is 10.6 Å². The lowest BCUT2D eigenvalue weighted by atomic mass is 10.2. The Balaban J connectivity index is 1.36. The van der Waals surface area contributed by atoms with Crippen molar-refractivity contribution in [3.05, 3.63) is 100 Å². The minimum atomic E-state index is -0.644. The standard InChI is InChI=1S/C26H22ClN3O4/c1-17-6-10-20(11-7-17)28-24(31)15-30-25(32)23(29-26(30)33)14-18-8-12-21(13-9-18)34-16-19-4-2-3-5-22(19)27/h2-14H,15-16H2,1H3,(H,28,31)(H,29,33)/b23-14+. The first-order valence-corrected chi connectivity index (χ1v) is 10.9. The third kappa shape index (κ3) is 5.63. The molecule has 7 nitrogen and oxygen atoms in total. The van der Waals surface area contributed by atoms with Gasteiger partial charge in [0.25, 0.3) is 5.91 Å². The van der Waals surface area contributed by atoms with Crippen molar-refractivity contribution >= 4 is 41.2 Å². The second-order valence-electron chi connectivity index (χ2n) is 7.74. The van der Waals surface area contributed by atoms with Crippen molar-refractivity contribution in [2.24, 2.45) is 0 Å². The zero-order valence-corrected chi connectivity index (χ0v) is 19.1. The highest BCUT2D eigenvalue weighted by Crippen LogP contribution is 2.21. The number of carbonyl (C=O) groups excluding carboxylic acids is 3. The van der Waals surface area contributed by atoms with Gasteiger partial charge in [0.2, 0.25) is 5.91 Å². The molecule has 1 aliphatic heterocycles. The molecule has 1 heterocycles. The van der Waals surface area contributed by atoms with Gasteiger partial charge in [-0.25, -0.2) is 9.69 Å². The zero-order chi connectivity index (χ0) is 24.1. The molecule has 0 atom stereocenters. The molecule has 0 unspecified atom stereocenters. The fourth-order valence-electron chi connectivity index (χ4n) is 3.30. The molecule has 4 amide bonds. The Morgan fingerprint density at radius 1 is 1.03 bits per heavy atom. The monoisotopic (exact) mass is 475 g/mol. The van der Waals surface area contributed by atoms with Gasteiger partial charge in [-0.2, -0.15) is 0 Å². The molecule has 0 aliphatic carbocycles. The van der Waals surface area contributed by atoms with Gasteiger partial charge in [0.15, 0.2) is 0 Å². The quantitative estimate of drug-likeness (QED) is 0.381. The topological polar surface area (TPSA) is 87.7 Å². The van der Waals surface area contributed by atoms with E-state index in [0.29, 0.717) is 28.6 Å². The maximum absolute atomic E-state index is 12.7. The van der Waals surface area contributed by atoms with Gasteiger partial charge < -0.3 is 15.4 Å². The Hall–Kier alpha value is -4.10. The number of anilines is 1. The maximum atomic E-state index is 12.7. The van der Waals surface area contributed by atoms with E-state index in [1.807, 2.05) is 37.3 Å². The smallest absolute Gasteiger partial charge is 0.329 e. The number of benzene rings is 3. The van der Waals surface area contributed by atoms with Gasteiger partial charge in [0, 0.05) is 16.3 Å². The molecule has 0 saturated carbocycles. The first kappa shape index (κ1) is 23.1. The van der Waals surface area contributed by atoms with E-state index in [1.54, 1.807) is 48.5 Å². The predicted molar refractivity (Wildman–Crippen MR) is 130 cm³/mol. The van der Waals surface area contributed by atoms with E-state index < -0.39 is 17.8 Å². The zero-order valence-electron chi connectivity index (χ0n) is 18.4. The molecule has 0 bridgehead atoms. The van der Waals surface area contributed by atoms with Crippen LogP contribution in [0.5, 0.6) is 5.75 Å². The highest BCUT2D eigenvalue weighted by molar-refractivity contribution is 6.31. The van der Waals surface area contributed by atoms with E-state index in [9.17, 15) is 14.4 Å². The molecule has 2 N–H and O–H groups in total. The Morgan fingerprint density at radius 3 is 2.44 bits per heavy atom. The summed E-state index contributed by atoms with van der Waals surface area (Å²) in [5, 5.41) is 5.84. The summed E-state index contributed by atoms with van der Waals surface area (Å²) >= 11 is 6.14. The molecule has 3 aromatic rings. The van der Waals surface area contributed by atoms with Crippen LogP contribution in [0.2, 0.25) is 5.02 Å². The number of hydrogen-bond donors (Lipinski definition) is 2. The number of ether oxygens (including phenoxy) is 1. The van der Waals surface area contributed by atoms with Crippen LogP contribution < -0.4 is 15.4 Å². The third-order valence-corrected chi connectivity index (χ3v) is 5.51. The minimum absolute atomic E-state index is 0.0953. The second-order valence-corrected chi connectivity index (χ2v) is 8.15. The van der Waals surface area contributed by atoms with Gasteiger partial charge >= 0.3 is 6.03 Å². The average Bonchev–Trinajstić information content (AvgIpc) is 3.08. The molecule has 4 rings (SSSR count). The molecule has 3 aromatic carbocycles. The van der Waals surface area contributed by atoms with Gasteiger partial charge in [-0.3, -0.25) is 9.59 Å². The van der Waals surface area contributed by atoms with Crippen molar-refractivity contribution in [1.82, 2.24) is 10.2 Å². The number of carbonyl (C=O) groups is 3. The van der Waals surface area contributed by atoms with E-state index >= 15 is 0 Å². The fraction of sp³-hybridized carbons (Fsp3) is 0.115. The van der Waals surface area contributed by atoms with E-state index in [1.165, 1.54) is 0 Å². The van der Waals surface area contributed by atoms with Crippen molar-refractivity contribution in [3.63, 3.8) is 0 Å². The number of urea groups is 1. The van der Waals surface area contributed by atoms with E-state index in [0.717, 1.165) is 16.0 Å². The summed E-state index contributed by atoms with van der Waals surface area (Å²) in [5.41, 5.74) is 3.32. The molecule has 0 spiro atoms. The maximum Gasteiger partial charge on any atom is 0.329 e. The molecule has 34 heavy (non-hydrogen) atoms. The lowest BCUT2D eigenvalue weighted by molar-refractivity contribution is -0.127. The Bertz CT molecular complexity index is 1250. The summed E-state index contributed by atoms with van der Waals surface area (Å²) in [6, 6.07) is 21.1. The summed E-state index contributed by atoms with van der Waals surface area (Å²) in [7, 11) is 0. The molecule has 1 aliphatic rings. The van der Waals surface area contributed by atoms with Crippen LogP contribution in [0.15, 0.2) is 78.5 Å². The molecule has 0 radical (unpaired) electrons. The van der Waals surface area contributed by atoms with Crippen LogP contribution in [0.3, 0.4) is 0 Å². The molecular formula is C26H22ClN3O4. The SMILES string of the molecule is Cc1ccc(NC(=O)CN2C(=O)N/C(=C/c3ccc(OCc4ccccc4Cl)cc3)C2=O)cc1. The molecule has 1 fully saturated rings. The number of nitrogens with one attached hydrogen (secondary N) is 2. The molecule has 0 aromatic heterocycles. The van der Waals surface area contributed by atoms with Gasteiger partial charge in [0.05, 0.1) is 0 Å². The van der Waals surface area contributed by atoms with Crippen molar-refractivity contribution in [3.8, 4) is 5.75 Å². The van der Waals surface area contributed by atoms with Gasteiger partial charge in [-0.15, -0.1) is 0 Å². The Kier molecular flexibility index (Phi) is 6.94. The first-order chi connectivity index (χ1) is 16.4. The van der Waals surface area contributed by atoms with Crippen LogP contribution in [0, 0.1) is 6.92 Å². The summed E-state index contributed by atoms with van der Waals surface area (Å²) in [5.74, 6) is -0.394. The van der Waals surface area contributed by atoms with Crippen molar-refractivity contribution < 1.29 is 19.1 Å². The predicted octanol–water partition coefficient (Wildman–Crippen LogP) is 4.76. The molecule has 1 saturated heterocycles. The van der Waals surface area contributed by atoms with Crippen LogP contribution in [-0.4, -0.2) is 29.3 Å². The fourth-order valence-corrected chi connectivity index (χ4v) is 3.49. The van der Waals surface area contributed by atoms with Crippen LogP contribution >= 0.6 is 11.6 Å². The third-order valence-electron chi connectivity index (χ3n) is 5.14. The molecular weight excluding hydrogens is 454 g/mol. The van der Waals surface area contributed by atoms with Crippen molar-refractivity contribution in [2.75, 3.05) is 11.9 Å². The number of aryl methyl sites for hydroxylation is 1. The van der Waals surface area contributed by atoms with Gasteiger partial charge in [-0.1, -0.05) is 59.6 Å². The largest absolute Gasteiger partial charge is 0.489 e. The highest BCUT2D eigenvalue weighted by atomic mass is 35.5. The number of hydrogen-bond acceptors (Lipinski definition) is 4. The lowest BCUT2D eigenvalue weighted by Gasteiger charge is -2.12. The van der Waals surface area contributed by atoms with Crippen molar-refractivity contribution in [1.29, 1.82) is 0 Å². The number of nitrogens with zero attached hydrogens (tertiary/aromatic N) is 1. The summed E-state index contributed by atoms with van der Waals surface area (Å²) in [4.78, 5) is 38.1. The Labute approximate surface area is 202 Å². The van der Waals surface area contributed by atoms with E-state index in [4.69, 9.17) is 16.3 Å². The number of imide groups is 1. The van der Waals surface area contributed by atoms with Crippen LogP contribution in [0.25, 0.3) is 6.08 Å². The Morgan fingerprint density at radius 2 is 1.74 bits per heavy atom. The number of halogens is 1. The summed E-state index contributed by atoms with van der Waals surface area (Å²) < 4.78 is 5.76. The number of amides is 4. The highest BCUT2D eigenvalue weighted by Gasteiger charge is 2.34. The van der Waals surface area contributed by atoms with Crippen molar-refractivity contribution in [2.45, 2.75) is 13.5 Å². The first-order valence-electron chi connectivity index (χ1n) is 10.6. The summed E-state index contributed by atoms with van der Waals surface area (Å²) in [6.45, 7) is 1.88. The van der Waals surface area contributed by atoms with Gasteiger partial charge in [0.1, 0.15) is 24.6 Å². The molecule has 172 valence electrons.